The van der Waals surface area contributed by atoms with Gasteiger partial charge in [0.15, 0.2) is 11.4 Å². The first kappa shape index (κ1) is 14.1. The van der Waals surface area contributed by atoms with Crippen molar-refractivity contribution >= 4 is 28.6 Å². The molecule has 1 aromatic rings. The predicted octanol–water partition coefficient (Wildman–Crippen LogP) is 2.81. The van der Waals surface area contributed by atoms with Crippen LogP contribution in [0.5, 0.6) is 5.75 Å². The largest absolute Gasteiger partial charge is 0.494 e. The van der Waals surface area contributed by atoms with Gasteiger partial charge in [-0.25, -0.2) is 18.6 Å². The maximum absolute atomic E-state index is 12.6. The lowest BCUT2D eigenvalue weighted by Gasteiger charge is -2.10. The third kappa shape index (κ3) is 3.24. The third-order valence-electron chi connectivity index (χ3n) is 1.89. The van der Waals surface area contributed by atoms with Crippen LogP contribution in [0.1, 0.15) is 29.4 Å². The quantitative estimate of drug-likeness (QED) is 0.473. The van der Waals surface area contributed by atoms with Gasteiger partial charge < -0.3 is 9.47 Å². The van der Waals surface area contributed by atoms with Crippen molar-refractivity contribution in [3.63, 3.8) is 0 Å². The van der Waals surface area contributed by atoms with Crippen molar-refractivity contribution in [3.8, 4) is 5.75 Å². The van der Waals surface area contributed by atoms with Gasteiger partial charge in [-0.2, -0.15) is 0 Å². The first-order chi connectivity index (χ1) is 8.01. The zero-order valence-corrected chi connectivity index (χ0v) is 11.3. The Hall–Kier alpha value is -0.990. The molecule has 0 saturated heterocycles. The van der Waals surface area contributed by atoms with Crippen LogP contribution in [0.15, 0.2) is 6.07 Å². The fraction of sp³-hybridized carbons (Fsp3) is 0.400. The number of rotatable bonds is 4. The lowest BCUT2D eigenvalue weighted by molar-refractivity contribution is 0.0514. The number of hydrogen-bond donors (Lipinski definition) is 0. The van der Waals surface area contributed by atoms with Gasteiger partial charge in [-0.05, 0) is 35.6 Å². The number of halogens is 3. The van der Waals surface area contributed by atoms with Crippen molar-refractivity contribution < 1.29 is 23.0 Å². The second-order valence-electron chi connectivity index (χ2n) is 2.94. The summed E-state index contributed by atoms with van der Waals surface area (Å²) in [6.45, 7) is 1.82. The van der Waals surface area contributed by atoms with Crippen LogP contribution in [-0.4, -0.2) is 24.7 Å². The Morgan fingerprint density at radius 2 is 2.24 bits per heavy atom. The maximum Gasteiger partial charge on any atom is 0.360 e. The van der Waals surface area contributed by atoms with E-state index < -0.39 is 12.4 Å². The van der Waals surface area contributed by atoms with Gasteiger partial charge in [-0.1, -0.05) is 0 Å². The molecule has 7 heteroatoms. The van der Waals surface area contributed by atoms with Crippen LogP contribution in [0.2, 0.25) is 0 Å². The van der Waals surface area contributed by atoms with Gasteiger partial charge in [0.1, 0.15) is 3.70 Å². The highest BCUT2D eigenvalue weighted by Gasteiger charge is 2.22. The standard InChI is InChI=1S/C10H10F2INO3/c1-3-17-10(15)7-6(16-2)4-5(8(11)12)9(13)14-7/h4,8H,3H2,1-2H3. The maximum atomic E-state index is 12.6. The topological polar surface area (TPSA) is 48.4 Å². The lowest BCUT2D eigenvalue weighted by atomic mass is 10.2. The minimum Gasteiger partial charge on any atom is -0.494 e. The molecule has 0 unspecified atom stereocenters. The molecule has 0 saturated carbocycles. The molecule has 0 fully saturated rings. The van der Waals surface area contributed by atoms with Crippen LogP contribution >= 0.6 is 22.6 Å². The number of carbonyl (C=O) groups is 1. The van der Waals surface area contributed by atoms with Crippen molar-refractivity contribution in [1.29, 1.82) is 0 Å². The van der Waals surface area contributed by atoms with Gasteiger partial charge in [0.05, 0.1) is 19.3 Å². The molecule has 0 aromatic carbocycles. The number of ether oxygens (including phenoxy) is 2. The smallest absolute Gasteiger partial charge is 0.360 e. The zero-order valence-electron chi connectivity index (χ0n) is 9.17. The summed E-state index contributed by atoms with van der Waals surface area (Å²) in [4.78, 5) is 15.3. The summed E-state index contributed by atoms with van der Waals surface area (Å²) in [5.41, 5.74) is -0.362. The molecule has 1 rings (SSSR count). The first-order valence-electron chi connectivity index (χ1n) is 4.71. The molecule has 0 N–H and O–H groups in total. The summed E-state index contributed by atoms with van der Waals surface area (Å²) in [7, 11) is 1.28. The van der Waals surface area contributed by atoms with Crippen LogP contribution in [0.3, 0.4) is 0 Å². The van der Waals surface area contributed by atoms with Crippen molar-refractivity contribution in [3.05, 3.63) is 21.0 Å². The first-order valence-corrected chi connectivity index (χ1v) is 5.78. The van der Waals surface area contributed by atoms with Gasteiger partial charge in [-0.3, -0.25) is 0 Å². The second-order valence-corrected chi connectivity index (χ2v) is 3.96. The number of alkyl halides is 2. The summed E-state index contributed by atoms with van der Waals surface area (Å²) in [6, 6.07) is 1.10. The summed E-state index contributed by atoms with van der Waals surface area (Å²) < 4.78 is 34.9. The Labute approximate surface area is 110 Å². The van der Waals surface area contributed by atoms with E-state index in [0.29, 0.717) is 0 Å². The van der Waals surface area contributed by atoms with Crippen LogP contribution < -0.4 is 4.74 Å². The molecule has 0 bridgehead atoms. The summed E-state index contributed by atoms with van der Waals surface area (Å²) in [5, 5.41) is 0. The molecule has 0 spiro atoms. The second kappa shape index (κ2) is 6.08. The highest BCUT2D eigenvalue weighted by molar-refractivity contribution is 14.1. The zero-order chi connectivity index (χ0) is 13.0. The van der Waals surface area contributed by atoms with E-state index in [4.69, 9.17) is 9.47 Å². The molecule has 0 aliphatic carbocycles. The normalized spacial score (nSPS) is 10.5. The molecule has 0 atom stereocenters. The highest BCUT2D eigenvalue weighted by atomic mass is 127. The number of methoxy groups -OCH3 is 1. The molecule has 1 heterocycles. The van der Waals surface area contributed by atoms with E-state index in [9.17, 15) is 13.6 Å². The predicted molar refractivity (Wildman–Crippen MR) is 64.4 cm³/mol. The van der Waals surface area contributed by atoms with Gasteiger partial charge >= 0.3 is 5.97 Å². The van der Waals surface area contributed by atoms with Gasteiger partial charge in [0.2, 0.25) is 0 Å². The number of pyridine rings is 1. The number of esters is 1. The monoisotopic (exact) mass is 357 g/mol. The van der Waals surface area contributed by atoms with Gasteiger partial charge in [-0.15, -0.1) is 0 Å². The van der Waals surface area contributed by atoms with Crippen molar-refractivity contribution in [2.45, 2.75) is 13.3 Å². The average molecular weight is 357 g/mol. The molecule has 0 radical (unpaired) electrons. The molecule has 1 aromatic heterocycles. The molecule has 0 aliphatic heterocycles. The van der Waals surface area contributed by atoms with E-state index in [-0.39, 0.29) is 27.3 Å². The summed E-state index contributed by atoms with van der Waals surface area (Å²) in [5.74, 6) is -0.706. The van der Waals surface area contributed by atoms with Crippen molar-refractivity contribution in [2.75, 3.05) is 13.7 Å². The van der Waals surface area contributed by atoms with E-state index in [2.05, 4.69) is 4.98 Å². The Morgan fingerprint density at radius 3 is 2.71 bits per heavy atom. The number of aromatic nitrogens is 1. The third-order valence-corrected chi connectivity index (χ3v) is 2.76. The van der Waals surface area contributed by atoms with Crippen molar-refractivity contribution in [1.82, 2.24) is 4.98 Å². The average Bonchev–Trinajstić information content (AvgIpc) is 2.28. The Bertz CT molecular complexity index is 426. The van der Waals surface area contributed by atoms with Crippen LogP contribution in [0.25, 0.3) is 0 Å². The van der Waals surface area contributed by atoms with Crippen LogP contribution in [-0.2, 0) is 4.74 Å². The van der Waals surface area contributed by atoms with E-state index in [1.807, 2.05) is 0 Å². The minimum atomic E-state index is -2.67. The van der Waals surface area contributed by atoms with E-state index in [1.54, 1.807) is 29.5 Å². The fourth-order valence-electron chi connectivity index (χ4n) is 1.14. The SMILES string of the molecule is CCOC(=O)c1nc(I)c(C(F)F)cc1OC. The Balaban J connectivity index is 3.23. The van der Waals surface area contributed by atoms with Crippen molar-refractivity contribution in [2.24, 2.45) is 0 Å². The summed E-state index contributed by atoms with van der Waals surface area (Å²) in [6.07, 6.45) is -2.67. The minimum absolute atomic E-state index is 0.0147. The summed E-state index contributed by atoms with van der Waals surface area (Å²) >= 11 is 1.64. The molecule has 4 nitrogen and oxygen atoms in total. The fourth-order valence-corrected chi connectivity index (χ4v) is 1.77. The van der Waals surface area contributed by atoms with E-state index in [0.717, 1.165) is 6.07 Å². The van der Waals surface area contributed by atoms with E-state index in [1.165, 1.54) is 7.11 Å². The Morgan fingerprint density at radius 1 is 1.59 bits per heavy atom. The molecule has 0 amide bonds. The Kier molecular flexibility index (Phi) is 5.03. The number of carbonyl (C=O) groups excluding carboxylic acids is 1. The lowest BCUT2D eigenvalue weighted by Crippen LogP contribution is -2.11. The van der Waals surface area contributed by atoms with Gasteiger partial charge in [0, 0.05) is 0 Å². The van der Waals surface area contributed by atoms with Crippen LogP contribution in [0, 0.1) is 3.70 Å². The van der Waals surface area contributed by atoms with Crippen LogP contribution in [0.4, 0.5) is 8.78 Å². The molecular weight excluding hydrogens is 347 g/mol. The number of hydrogen-bond acceptors (Lipinski definition) is 4. The molecule has 0 aliphatic rings. The number of nitrogens with zero attached hydrogens (tertiary/aromatic N) is 1. The molecular formula is C10H10F2INO3. The van der Waals surface area contributed by atoms with Gasteiger partial charge in [0.25, 0.3) is 6.43 Å². The molecule has 94 valence electrons. The highest BCUT2D eigenvalue weighted by Crippen LogP contribution is 2.29. The van der Waals surface area contributed by atoms with E-state index >= 15 is 0 Å². The molecule has 17 heavy (non-hydrogen) atoms.